The lowest BCUT2D eigenvalue weighted by atomic mass is 10.0. The van der Waals surface area contributed by atoms with Crippen LogP contribution in [0.1, 0.15) is 27.9 Å². The van der Waals surface area contributed by atoms with Gasteiger partial charge in [-0.25, -0.2) is 0 Å². The van der Waals surface area contributed by atoms with E-state index in [2.05, 4.69) is 17.2 Å². The summed E-state index contributed by atoms with van der Waals surface area (Å²) in [6, 6.07) is 14.9. The second kappa shape index (κ2) is 7.28. The first-order valence-corrected chi connectivity index (χ1v) is 6.77. The Morgan fingerprint density at radius 1 is 1.19 bits per heavy atom. The Balaban J connectivity index is 2.27. The van der Waals surface area contributed by atoms with E-state index in [4.69, 9.17) is 5.11 Å². The van der Waals surface area contributed by atoms with Gasteiger partial charge in [0.05, 0.1) is 12.2 Å². The third kappa shape index (κ3) is 4.20. The van der Waals surface area contributed by atoms with Crippen molar-refractivity contribution in [2.75, 3.05) is 11.9 Å². The largest absolute Gasteiger partial charge is 0.395 e. The molecule has 3 heteroatoms. The van der Waals surface area contributed by atoms with E-state index in [0.717, 1.165) is 11.3 Å². The predicted molar refractivity (Wildman–Crippen MR) is 84.2 cm³/mol. The van der Waals surface area contributed by atoms with Gasteiger partial charge < -0.3 is 10.4 Å². The van der Waals surface area contributed by atoms with Crippen molar-refractivity contribution in [3.8, 4) is 11.8 Å². The molecule has 0 atom stereocenters. The fourth-order valence-electron chi connectivity index (χ4n) is 1.89. The van der Waals surface area contributed by atoms with Crippen LogP contribution in [-0.2, 0) is 0 Å². The molecule has 0 aliphatic heterocycles. The Bertz CT molecular complexity index is 681. The molecule has 0 aliphatic rings. The molecule has 3 nitrogen and oxygen atoms in total. The Labute approximate surface area is 124 Å². The molecule has 0 aliphatic carbocycles. The molecule has 0 saturated carbocycles. The van der Waals surface area contributed by atoms with E-state index in [-0.39, 0.29) is 12.5 Å². The van der Waals surface area contributed by atoms with Gasteiger partial charge in [0.1, 0.15) is 0 Å². The van der Waals surface area contributed by atoms with Gasteiger partial charge in [-0.2, -0.15) is 0 Å². The highest BCUT2D eigenvalue weighted by molar-refractivity contribution is 6.06. The van der Waals surface area contributed by atoms with Crippen LogP contribution in [0.2, 0.25) is 0 Å². The Morgan fingerprint density at radius 3 is 2.67 bits per heavy atom. The number of para-hydroxylation sites is 1. The molecule has 0 fully saturated rings. The first kappa shape index (κ1) is 14.8. The molecular weight excluding hydrogens is 262 g/mol. The lowest BCUT2D eigenvalue weighted by Gasteiger charge is -2.08. The molecule has 2 N–H and O–H groups in total. The Hall–Kier alpha value is -2.57. The summed E-state index contributed by atoms with van der Waals surface area (Å²) in [5.41, 5.74) is 2.96. The summed E-state index contributed by atoms with van der Waals surface area (Å²) in [7, 11) is 0. The number of aryl methyl sites for hydroxylation is 1. The number of hydrogen-bond donors (Lipinski definition) is 2. The first-order valence-electron chi connectivity index (χ1n) is 6.77. The summed E-state index contributed by atoms with van der Waals surface area (Å²) in [6.45, 7) is 1.95. The van der Waals surface area contributed by atoms with Gasteiger partial charge in [-0.3, -0.25) is 4.79 Å². The summed E-state index contributed by atoms with van der Waals surface area (Å²) in [5, 5.41) is 11.6. The van der Waals surface area contributed by atoms with Crippen LogP contribution >= 0.6 is 0 Å². The van der Waals surface area contributed by atoms with Crippen LogP contribution in [0.3, 0.4) is 0 Å². The summed E-state index contributed by atoms with van der Waals surface area (Å²) >= 11 is 0. The van der Waals surface area contributed by atoms with E-state index < -0.39 is 0 Å². The number of amides is 1. The van der Waals surface area contributed by atoms with Gasteiger partial charge in [-0.15, -0.1) is 0 Å². The van der Waals surface area contributed by atoms with Gasteiger partial charge in [0, 0.05) is 17.7 Å². The molecule has 0 saturated heterocycles. The van der Waals surface area contributed by atoms with E-state index in [1.807, 2.05) is 55.5 Å². The Morgan fingerprint density at radius 2 is 1.95 bits per heavy atom. The van der Waals surface area contributed by atoms with Crippen molar-refractivity contribution in [2.24, 2.45) is 0 Å². The number of rotatable bonds is 3. The van der Waals surface area contributed by atoms with Crippen molar-refractivity contribution in [1.82, 2.24) is 0 Å². The molecule has 1 amide bonds. The van der Waals surface area contributed by atoms with Crippen molar-refractivity contribution < 1.29 is 9.90 Å². The van der Waals surface area contributed by atoms with E-state index in [9.17, 15) is 4.79 Å². The average Bonchev–Trinajstić information content (AvgIpc) is 2.50. The monoisotopic (exact) mass is 279 g/mol. The summed E-state index contributed by atoms with van der Waals surface area (Å²) in [5.74, 6) is 5.60. The summed E-state index contributed by atoms with van der Waals surface area (Å²) in [4.78, 5) is 12.4. The lowest BCUT2D eigenvalue weighted by Crippen LogP contribution is -2.13. The topological polar surface area (TPSA) is 49.3 Å². The molecule has 0 aromatic heterocycles. The maximum atomic E-state index is 12.4. The van der Waals surface area contributed by atoms with Crippen LogP contribution in [0.25, 0.3) is 0 Å². The highest BCUT2D eigenvalue weighted by Gasteiger charge is 2.10. The molecular formula is C18H17NO2. The Kier molecular flexibility index (Phi) is 5.14. The molecule has 0 radical (unpaired) electrons. The number of benzene rings is 2. The molecule has 0 heterocycles. The van der Waals surface area contributed by atoms with E-state index >= 15 is 0 Å². The number of carbonyl (C=O) groups excluding carboxylic acids is 1. The van der Waals surface area contributed by atoms with Crippen molar-refractivity contribution in [1.29, 1.82) is 0 Å². The fourth-order valence-corrected chi connectivity index (χ4v) is 1.89. The standard InChI is InChI=1S/C18H17NO2/c1-14-10-11-15(7-5-6-12-20)17(13-14)18(21)19-16-8-3-2-4-9-16/h2-4,8-11,13,20H,6,12H2,1H3,(H,19,21). The smallest absolute Gasteiger partial charge is 0.256 e. The van der Waals surface area contributed by atoms with Crippen molar-refractivity contribution in [3.63, 3.8) is 0 Å². The van der Waals surface area contributed by atoms with Crippen LogP contribution in [-0.4, -0.2) is 17.6 Å². The first-order chi connectivity index (χ1) is 10.2. The van der Waals surface area contributed by atoms with Crippen molar-refractivity contribution >= 4 is 11.6 Å². The SMILES string of the molecule is Cc1ccc(C#CCCO)c(C(=O)Nc2ccccc2)c1. The fraction of sp³-hybridized carbons (Fsp3) is 0.167. The average molecular weight is 279 g/mol. The number of hydrogen-bond acceptors (Lipinski definition) is 2. The third-order valence-corrected chi connectivity index (χ3v) is 2.91. The zero-order chi connectivity index (χ0) is 15.1. The second-order valence-corrected chi connectivity index (χ2v) is 4.64. The minimum absolute atomic E-state index is 0.0183. The van der Waals surface area contributed by atoms with Crippen LogP contribution in [0, 0.1) is 18.8 Å². The number of nitrogens with one attached hydrogen (secondary N) is 1. The van der Waals surface area contributed by atoms with Gasteiger partial charge in [0.2, 0.25) is 0 Å². The van der Waals surface area contributed by atoms with E-state index in [1.165, 1.54) is 0 Å². The number of aliphatic hydroxyl groups excluding tert-OH is 1. The maximum absolute atomic E-state index is 12.4. The third-order valence-electron chi connectivity index (χ3n) is 2.91. The molecule has 2 aromatic rings. The van der Waals surface area contributed by atoms with Crippen molar-refractivity contribution in [3.05, 3.63) is 65.2 Å². The summed E-state index contributed by atoms with van der Waals surface area (Å²) < 4.78 is 0. The molecule has 0 spiro atoms. The van der Waals surface area contributed by atoms with Crippen LogP contribution in [0.4, 0.5) is 5.69 Å². The van der Waals surface area contributed by atoms with Crippen LogP contribution in [0.5, 0.6) is 0 Å². The molecule has 21 heavy (non-hydrogen) atoms. The molecule has 2 aromatic carbocycles. The molecule has 2 rings (SSSR count). The van der Waals surface area contributed by atoms with Crippen LogP contribution in [0.15, 0.2) is 48.5 Å². The number of aliphatic hydroxyl groups is 1. The molecule has 0 unspecified atom stereocenters. The predicted octanol–water partition coefficient (Wildman–Crippen LogP) is 2.98. The quantitative estimate of drug-likeness (QED) is 0.849. The van der Waals surface area contributed by atoms with Gasteiger partial charge in [-0.1, -0.05) is 41.7 Å². The van der Waals surface area contributed by atoms with Gasteiger partial charge in [0.25, 0.3) is 5.91 Å². The highest BCUT2D eigenvalue weighted by Crippen LogP contribution is 2.14. The molecule has 0 bridgehead atoms. The minimum Gasteiger partial charge on any atom is -0.395 e. The zero-order valence-corrected chi connectivity index (χ0v) is 11.9. The zero-order valence-electron chi connectivity index (χ0n) is 11.9. The van der Waals surface area contributed by atoms with E-state index in [1.54, 1.807) is 0 Å². The van der Waals surface area contributed by atoms with Crippen LogP contribution < -0.4 is 5.32 Å². The normalized spacial score (nSPS) is 9.62. The summed E-state index contributed by atoms with van der Waals surface area (Å²) in [6.07, 6.45) is 0.396. The maximum Gasteiger partial charge on any atom is 0.256 e. The molecule has 106 valence electrons. The number of anilines is 1. The van der Waals surface area contributed by atoms with Crippen molar-refractivity contribution in [2.45, 2.75) is 13.3 Å². The number of carbonyl (C=O) groups is 1. The van der Waals surface area contributed by atoms with Gasteiger partial charge >= 0.3 is 0 Å². The van der Waals surface area contributed by atoms with Gasteiger partial charge in [-0.05, 0) is 31.2 Å². The second-order valence-electron chi connectivity index (χ2n) is 4.64. The lowest BCUT2D eigenvalue weighted by molar-refractivity contribution is 0.102. The van der Waals surface area contributed by atoms with E-state index in [0.29, 0.717) is 17.5 Å². The highest BCUT2D eigenvalue weighted by atomic mass is 16.2. The minimum atomic E-state index is -0.182. The van der Waals surface area contributed by atoms with Gasteiger partial charge in [0.15, 0.2) is 0 Å².